The highest BCUT2D eigenvalue weighted by Gasteiger charge is 2.43. The zero-order valence-electron chi connectivity index (χ0n) is 16.4. The normalized spacial score (nSPS) is 26.7. The molecule has 5 atom stereocenters. The Hall–Kier alpha value is -2.20. The van der Waals surface area contributed by atoms with Crippen LogP contribution in [0.25, 0.3) is 0 Å². The Morgan fingerprint density at radius 3 is 2.55 bits per heavy atom. The van der Waals surface area contributed by atoms with E-state index >= 15 is 0 Å². The van der Waals surface area contributed by atoms with Crippen LogP contribution >= 0.6 is 0 Å². The number of hydrogen-bond acceptors (Lipinski definition) is 7. The number of aliphatic hydroxyl groups excluding tert-OH is 2. The summed E-state index contributed by atoms with van der Waals surface area (Å²) in [4.78, 5) is 22.4. The van der Waals surface area contributed by atoms with Gasteiger partial charge in [-0.25, -0.2) is 4.79 Å². The van der Waals surface area contributed by atoms with Gasteiger partial charge in [-0.05, 0) is 18.4 Å². The van der Waals surface area contributed by atoms with E-state index in [1.165, 1.54) is 0 Å². The van der Waals surface area contributed by atoms with E-state index < -0.39 is 42.6 Å². The number of unbranched alkanes of at least 4 members (excludes halogenated alkanes) is 1. The standard InChI is InChI=1S/C20H29NO8/c1-13-17(24)18(25)15(29-19(13)27-10-6-5-9-16(22)23)12-28-20(26)21-11-14-7-3-2-4-8-14/h2-4,7-8,13,15,17-19,24-25H,5-6,9-12H2,1H3,(H,21,26)(H,22,23). The average molecular weight is 411 g/mol. The third kappa shape index (κ3) is 7.62. The van der Waals surface area contributed by atoms with Crippen LogP contribution in [0.3, 0.4) is 0 Å². The predicted octanol–water partition coefficient (Wildman–Crippen LogP) is 1.27. The number of carbonyl (C=O) groups excluding carboxylic acids is 1. The Morgan fingerprint density at radius 2 is 1.86 bits per heavy atom. The number of alkyl carbamates (subject to hydrolysis) is 1. The van der Waals surface area contributed by atoms with Gasteiger partial charge >= 0.3 is 12.1 Å². The van der Waals surface area contributed by atoms with Gasteiger partial charge in [0.2, 0.25) is 0 Å². The van der Waals surface area contributed by atoms with Gasteiger partial charge in [0.25, 0.3) is 0 Å². The van der Waals surface area contributed by atoms with Crippen molar-refractivity contribution in [2.45, 2.75) is 57.3 Å². The fraction of sp³-hybridized carbons (Fsp3) is 0.600. The van der Waals surface area contributed by atoms with E-state index in [1.807, 2.05) is 30.3 Å². The summed E-state index contributed by atoms with van der Waals surface area (Å²) in [5.41, 5.74) is 0.916. The molecule has 162 valence electrons. The summed E-state index contributed by atoms with van der Waals surface area (Å²) in [6, 6.07) is 9.33. The third-order valence-corrected chi connectivity index (χ3v) is 4.73. The molecule has 1 amide bonds. The summed E-state index contributed by atoms with van der Waals surface area (Å²) in [5, 5.41) is 31.7. The maximum absolute atomic E-state index is 11.9. The van der Waals surface area contributed by atoms with Crippen molar-refractivity contribution in [3.63, 3.8) is 0 Å². The number of aliphatic carboxylic acids is 1. The molecule has 1 heterocycles. The quantitative estimate of drug-likeness (QED) is 0.423. The lowest BCUT2D eigenvalue weighted by Gasteiger charge is -2.41. The monoisotopic (exact) mass is 411 g/mol. The first-order valence-corrected chi connectivity index (χ1v) is 9.68. The van der Waals surface area contributed by atoms with Crippen LogP contribution in [-0.4, -0.2) is 65.2 Å². The van der Waals surface area contributed by atoms with Crippen LogP contribution in [0.5, 0.6) is 0 Å². The molecule has 0 spiro atoms. The first kappa shape index (κ1) is 23.1. The Bertz CT molecular complexity index is 641. The molecular formula is C20H29NO8. The largest absolute Gasteiger partial charge is 0.481 e. The van der Waals surface area contributed by atoms with Crippen molar-refractivity contribution in [2.24, 2.45) is 5.92 Å². The van der Waals surface area contributed by atoms with Gasteiger partial charge < -0.3 is 34.8 Å². The Labute approximate surface area is 169 Å². The second kappa shape index (κ2) is 11.7. The van der Waals surface area contributed by atoms with Crippen molar-refractivity contribution in [1.29, 1.82) is 0 Å². The molecule has 1 aromatic rings. The van der Waals surface area contributed by atoms with Crippen LogP contribution in [0.2, 0.25) is 0 Å². The van der Waals surface area contributed by atoms with Crippen LogP contribution in [0, 0.1) is 5.92 Å². The average Bonchev–Trinajstić information content (AvgIpc) is 2.71. The van der Waals surface area contributed by atoms with E-state index in [-0.39, 0.29) is 19.6 Å². The molecule has 0 aliphatic carbocycles. The molecule has 9 heteroatoms. The maximum atomic E-state index is 11.9. The second-order valence-electron chi connectivity index (χ2n) is 7.04. The van der Waals surface area contributed by atoms with E-state index in [0.717, 1.165) is 5.56 Å². The summed E-state index contributed by atoms with van der Waals surface area (Å²) in [6.07, 6.45) is -3.67. The summed E-state index contributed by atoms with van der Waals surface area (Å²) in [6.45, 7) is 2.00. The van der Waals surface area contributed by atoms with Gasteiger partial charge in [-0.15, -0.1) is 0 Å². The molecule has 9 nitrogen and oxygen atoms in total. The van der Waals surface area contributed by atoms with Gasteiger partial charge in [-0.1, -0.05) is 37.3 Å². The van der Waals surface area contributed by atoms with Crippen molar-refractivity contribution >= 4 is 12.1 Å². The fourth-order valence-corrected chi connectivity index (χ4v) is 2.95. The highest BCUT2D eigenvalue weighted by Crippen LogP contribution is 2.27. The molecule has 29 heavy (non-hydrogen) atoms. The van der Waals surface area contributed by atoms with Gasteiger partial charge in [0, 0.05) is 25.5 Å². The Kier molecular flexibility index (Phi) is 9.33. The van der Waals surface area contributed by atoms with Crippen LogP contribution < -0.4 is 5.32 Å². The zero-order chi connectivity index (χ0) is 21.2. The topological polar surface area (TPSA) is 135 Å². The van der Waals surface area contributed by atoms with E-state index in [4.69, 9.17) is 19.3 Å². The summed E-state index contributed by atoms with van der Waals surface area (Å²) >= 11 is 0. The first-order valence-electron chi connectivity index (χ1n) is 9.68. The molecule has 1 fully saturated rings. The maximum Gasteiger partial charge on any atom is 0.407 e. The smallest absolute Gasteiger partial charge is 0.407 e. The molecule has 2 rings (SSSR count). The van der Waals surface area contributed by atoms with Gasteiger partial charge in [0.15, 0.2) is 6.29 Å². The van der Waals surface area contributed by atoms with Crippen LogP contribution in [0.15, 0.2) is 30.3 Å². The first-order chi connectivity index (χ1) is 13.9. The number of carboxylic acids is 1. The Morgan fingerprint density at radius 1 is 1.14 bits per heavy atom. The highest BCUT2D eigenvalue weighted by atomic mass is 16.7. The lowest BCUT2D eigenvalue weighted by molar-refractivity contribution is -0.282. The number of carboxylic acid groups (broad SMARTS) is 1. The lowest BCUT2D eigenvalue weighted by atomic mass is 9.92. The summed E-state index contributed by atoms with van der Waals surface area (Å²) in [5.74, 6) is -1.36. The van der Waals surface area contributed by atoms with Crippen molar-refractivity contribution in [2.75, 3.05) is 13.2 Å². The van der Waals surface area contributed by atoms with Gasteiger partial charge in [-0.3, -0.25) is 4.79 Å². The van der Waals surface area contributed by atoms with Crippen LogP contribution in [0.1, 0.15) is 31.7 Å². The van der Waals surface area contributed by atoms with Gasteiger partial charge in [0.05, 0.1) is 6.10 Å². The van der Waals surface area contributed by atoms with E-state index in [0.29, 0.717) is 19.4 Å². The molecule has 5 unspecified atom stereocenters. The lowest BCUT2D eigenvalue weighted by Crippen LogP contribution is -2.56. The predicted molar refractivity (Wildman–Crippen MR) is 102 cm³/mol. The second-order valence-corrected chi connectivity index (χ2v) is 7.04. The van der Waals surface area contributed by atoms with E-state index in [1.54, 1.807) is 6.92 Å². The minimum Gasteiger partial charge on any atom is -0.481 e. The Balaban J connectivity index is 1.76. The molecule has 0 bridgehead atoms. The third-order valence-electron chi connectivity index (χ3n) is 4.73. The van der Waals surface area contributed by atoms with Crippen molar-refractivity contribution in [1.82, 2.24) is 5.32 Å². The molecule has 1 aliphatic heterocycles. The number of amides is 1. The molecule has 1 saturated heterocycles. The molecular weight excluding hydrogens is 382 g/mol. The molecule has 0 aromatic heterocycles. The van der Waals surface area contributed by atoms with Crippen molar-refractivity contribution in [3.8, 4) is 0 Å². The molecule has 1 aromatic carbocycles. The highest BCUT2D eigenvalue weighted by molar-refractivity contribution is 5.67. The SMILES string of the molecule is CC1C(OCCCCC(=O)O)OC(COC(=O)NCc2ccccc2)C(O)C1O. The zero-order valence-corrected chi connectivity index (χ0v) is 16.4. The molecule has 0 radical (unpaired) electrons. The fourth-order valence-electron chi connectivity index (χ4n) is 2.95. The van der Waals surface area contributed by atoms with Crippen LogP contribution in [-0.2, 0) is 25.5 Å². The van der Waals surface area contributed by atoms with Gasteiger partial charge in [0.1, 0.15) is 18.8 Å². The summed E-state index contributed by atoms with van der Waals surface area (Å²) in [7, 11) is 0. The number of nitrogens with one attached hydrogen (secondary N) is 1. The minimum absolute atomic E-state index is 0.0559. The van der Waals surface area contributed by atoms with Crippen molar-refractivity contribution < 1.29 is 39.1 Å². The number of benzene rings is 1. The number of ether oxygens (including phenoxy) is 3. The van der Waals surface area contributed by atoms with E-state index in [2.05, 4.69) is 5.32 Å². The molecule has 1 aliphatic rings. The number of carbonyl (C=O) groups is 2. The molecule has 0 saturated carbocycles. The van der Waals surface area contributed by atoms with Crippen LogP contribution in [0.4, 0.5) is 4.79 Å². The number of hydrogen-bond donors (Lipinski definition) is 4. The molecule has 4 N–H and O–H groups in total. The minimum atomic E-state index is -1.22. The van der Waals surface area contributed by atoms with E-state index in [9.17, 15) is 19.8 Å². The number of rotatable bonds is 10. The van der Waals surface area contributed by atoms with Crippen molar-refractivity contribution in [3.05, 3.63) is 35.9 Å². The summed E-state index contributed by atoms with van der Waals surface area (Å²) < 4.78 is 16.4. The number of aliphatic hydroxyl groups is 2. The van der Waals surface area contributed by atoms with Gasteiger partial charge in [-0.2, -0.15) is 0 Å².